The number of nitrogens with one attached hydrogen (secondary N) is 1. The number of aromatic nitrogens is 2. The fraction of sp³-hybridized carbons (Fsp3) is 0.241. The Morgan fingerprint density at radius 1 is 0.829 bits per heavy atom. The van der Waals surface area contributed by atoms with Crippen molar-refractivity contribution in [2.24, 2.45) is 0 Å². The molecule has 0 aliphatic rings. The summed E-state index contributed by atoms with van der Waals surface area (Å²) in [4.78, 5) is 10.0. The predicted molar refractivity (Wildman–Crippen MR) is 160 cm³/mol. The average Bonchev–Trinajstić information content (AvgIpc) is 2.85. The van der Waals surface area contributed by atoms with E-state index >= 15 is 0 Å². The molecule has 1 atom stereocenters. The van der Waals surface area contributed by atoms with E-state index in [1.165, 1.54) is 39.2 Å². The first kappa shape index (κ1) is 25.8. The van der Waals surface area contributed by atoms with Crippen molar-refractivity contribution in [1.82, 2.24) is 9.97 Å². The molecule has 0 fully saturated rings. The Bertz CT molecular complexity index is 1230. The number of benzene rings is 3. The van der Waals surface area contributed by atoms with Crippen molar-refractivity contribution in [3.63, 3.8) is 0 Å². The molecular formula is C29H33N3P2S. The van der Waals surface area contributed by atoms with Gasteiger partial charge >= 0.3 is 0 Å². The maximum absolute atomic E-state index is 5.03. The van der Waals surface area contributed by atoms with Gasteiger partial charge in [0, 0.05) is 23.5 Å². The first-order chi connectivity index (χ1) is 16.9. The van der Waals surface area contributed by atoms with Crippen molar-refractivity contribution in [2.75, 3.05) is 11.0 Å². The molecule has 180 valence electrons. The molecule has 4 aromatic rings. The number of anilines is 1. The minimum Gasteiger partial charge on any atom is -0.298 e. The van der Waals surface area contributed by atoms with Crippen LogP contribution in [0.5, 0.6) is 0 Å². The zero-order chi connectivity index (χ0) is 24.9. The molecule has 0 bridgehead atoms. The van der Waals surface area contributed by atoms with Gasteiger partial charge < -0.3 is 0 Å². The van der Waals surface area contributed by atoms with Crippen LogP contribution in [0.4, 0.5) is 5.95 Å². The summed E-state index contributed by atoms with van der Waals surface area (Å²) >= 11 is 1.52. The Balaban J connectivity index is 1.91. The van der Waals surface area contributed by atoms with E-state index in [1.807, 2.05) is 6.26 Å². The monoisotopic (exact) mass is 517 g/mol. The molecule has 35 heavy (non-hydrogen) atoms. The molecule has 0 aliphatic heterocycles. The van der Waals surface area contributed by atoms with E-state index in [9.17, 15) is 0 Å². The Morgan fingerprint density at radius 2 is 1.37 bits per heavy atom. The van der Waals surface area contributed by atoms with Gasteiger partial charge in [0.05, 0.1) is 11.4 Å². The molecule has 3 aromatic carbocycles. The lowest BCUT2D eigenvalue weighted by molar-refractivity contribution is 0.804. The van der Waals surface area contributed by atoms with Crippen molar-refractivity contribution in [1.29, 1.82) is 0 Å². The molecule has 1 aromatic heterocycles. The summed E-state index contributed by atoms with van der Waals surface area (Å²) in [6.45, 7) is 8.75. The highest BCUT2D eigenvalue weighted by molar-refractivity contribution is 7.99. The van der Waals surface area contributed by atoms with E-state index in [1.54, 1.807) is 0 Å². The highest BCUT2D eigenvalue weighted by Crippen LogP contribution is 2.42. The van der Waals surface area contributed by atoms with Gasteiger partial charge in [0.25, 0.3) is 0 Å². The van der Waals surface area contributed by atoms with Crippen LogP contribution in [0.1, 0.15) is 42.1 Å². The maximum atomic E-state index is 5.03. The van der Waals surface area contributed by atoms with E-state index < -0.39 is 7.92 Å². The summed E-state index contributed by atoms with van der Waals surface area (Å²) in [6, 6.07) is 26.7. The third-order valence-electron chi connectivity index (χ3n) is 5.97. The van der Waals surface area contributed by atoms with Crippen LogP contribution in [0.3, 0.4) is 0 Å². The molecule has 0 saturated carbocycles. The van der Waals surface area contributed by atoms with Crippen LogP contribution in [0.2, 0.25) is 0 Å². The topological polar surface area (TPSA) is 37.8 Å². The van der Waals surface area contributed by atoms with E-state index in [-0.39, 0.29) is 5.92 Å². The van der Waals surface area contributed by atoms with E-state index in [0.717, 1.165) is 28.4 Å². The number of hydrogen-bond donors (Lipinski definition) is 1. The van der Waals surface area contributed by atoms with Crippen LogP contribution in [0, 0.1) is 13.8 Å². The normalized spacial score (nSPS) is 11.3. The lowest BCUT2D eigenvalue weighted by Gasteiger charge is -2.24. The highest BCUT2D eigenvalue weighted by Gasteiger charge is 2.23. The average molecular weight is 518 g/mol. The summed E-state index contributed by atoms with van der Waals surface area (Å²) in [5, 5.41) is 3.92. The molecule has 0 aliphatic carbocycles. The van der Waals surface area contributed by atoms with Crippen LogP contribution in [0.15, 0.2) is 72.8 Å². The summed E-state index contributed by atoms with van der Waals surface area (Å²) < 4.78 is 3.28. The first-order valence-electron chi connectivity index (χ1n) is 11.8. The molecule has 0 radical (unpaired) electrons. The van der Waals surface area contributed by atoms with E-state index in [0.29, 0.717) is 5.95 Å². The van der Waals surface area contributed by atoms with E-state index in [2.05, 4.69) is 114 Å². The SMILES string of the molecule is CSNc1nc(-c2ccc(P)cc2)c(CP(c2ccc(C)cc2)c2ccc(C)cc2)c(C(C)C)n1. The second-order valence-electron chi connectivity index (χ2n) is 9.10. The van der Waals surface area contributed by atoms with Gasteiger partial charge in [-0.1, -0.05) is 110 Å². The molecule has 6 heteroatoms. The van der Waals surface area contributed by atoms with Gasteiger partial charge in [-0.15, -0.1) is 9.24 Å². The molecule has 1 N–H and O–H groups in total. The van der Waals surface area contributed by atoms with Crippen molar-refractivity contribution in [3.05, 3.63) is 95.2 Å². The third kappa shape index (κ3) is 6.31. The van der Waals surface area contributed by atoms with E-state index in [4.69, 9.17) is 9.97 Å². The lowest BCUT2D eigenvalue weighted by Crippen LogP contribution is -2.16. The zero-order valence-corrected chi connectivity index (χ0v) is 23.9. The van der Waals surface area contributed by atoms with Crippen molar-refractivity contribution in [2.45, 2.75) is 39.8 Å². The molecule has 4 rings (SSSR count). The highest BCUT2D eigenvalue weighted by atomic mass is 32.2. The number of aryl methyl sites for hydroxylation is 2. The van der Waals surface area contributed by atoms with Crippen molar-refractivity contribution >= 4 is 51.0 Å². The van der Waals surface area contributed by atoms with Crippen LogP contribution in [-0.2, 0) is 6.16 Å². The van der Waals surface area contributed by atoms with Crippen LogP contribution < -0.4 is 20.6 Å². The van der Waals surface area contributed by atoms with Gasteiger partial charge in [0.15, 0.2) is 0 Å². The summed E-state index contributed by atoms with van der Waals surface area (Å²) in [7, 11) is 2.14. The summed E-state index contributed by atoms with van der Waals surface area (Å²) in [5.41, 5.74) is 7.08. The lowest BCUT2D eigenvalue weighted by atomic mass is 10.00. The van der Waals surface area contributed by atoms with Crippen molar-refractivity contribution < 1.29 is 0 Å². The Hall–Kier alpha value is -2.25. The second kappa shape index (κ2) is 11.7. The Morgan fingerprint density at radius 3 is 1.86 bits per heavy atom. The standard InChI is InChI=1S/C29H33N3P2S/c1-19(2)27-26(28(31-29(30-27)32-35-5)22-10-12-23(33)13-11-22)18-34(24-14-6-20(3)7-15-24)25-16-8-21(4)9-17-25/h6-17,19H,18,33H2,1-5H3,(H,30,31,32). The molecular weight excluding hydrogens is 484 g/mol. The zero-order valence-electron chi connectivity index (χ0n) is 21.0. The maximum Gasteiger partial charge on any atom is 0.233 e. The van der Waals surface area contributed by atoms with Gasteiger partial charge in [-0.3, -0.25) is 4.72 Å². The number of rotatable bonds is 8. The van der Waals surface area contributed by atoms with Crippen LogP contribution in [-0.4, -0.2) is 16.2 Å². The molecule has 0 saturated heterocycles. The van der Waals surface area contributed by atoms with Crippen molar-refractivity contribution in [3.8, 4) is 11.3 Å². The largest absolute Gasteiger partial charge is 0.298 e. The Kier molecular flexibility index (Phi) is 8.60. The molecule has 0 amide bonds. The summed E-state index contributed by atoms with van der Waals surface area (Å²) in [5.74, 6) is 0.952. The number of hydrogen-bond acceptors (Lipinski definition) is 4. The summed E-state index contributed by atoms with van der Waals surface area (Å²) in [6.07, 6.45) is 2.90. The Labute approximate surface area is 217 Å². The smallest absolute Gasteiger partial charge is 0.233 e. The van der Waals surface area contributed by atoms with Gasteiger partial charge in [0.2, 0.25) is 5.95 Å². The molecule has 3 nitrogen and oxygen atoms in total. The van der Waals surface area contributed by atoms with Crippen LogP contribution >= 0.6 is 29.1 Å². The van der Waals surface area contributed by atoms with Gasteiger partial charge in [0.1, 0.15) is 0 Å². The molecule has 0 spiro atoms. The molecule has 1 heterocycles. The minimum atomic E-state index is -0.633. The third-order valence-corrected chi connectivity index (χ3v) is 9.22. The molecule has 1 unspecified atom stereocenters. The minimum absolute atomic E-state index is 0.281. The first-order valence-corrected chi connectivity index (χ1v) is 15.1. The van der Waals surface area contributed by atoms with Crippen LogP contribution in [0.25, 0.3) is 11.3 Å². The fourth-order valence-electron chi connectivity index (χ4n) is 4.09. The van der Waals surface area contributed by atoms with Gasteiger partial charge in [-0.25, -0.2) is 9.97 Å². The quantitative estimate of drug-likeness (QED) is 0.208. The van der Waals surface area contributed by atoms with Gasteiger partial charge in [-0.05, 0) is 43.6 Å². The van der Waals surface area contributed by atoms with Gasteiger partial charge in [-0.2, -0.15) is 0 Å². The fourth-order valence-corrected chi connectivity index (χ4v) is 6.87. The predicted octanol–water partition coefficient (Wildman–Crippen LogP) is 6.71. The second-order valence-corrected chi connectivity index (χ2v) is 12.6. The number of nitrogens with zero attached hydrogens (tertiary/aromatic N) is 2.